The molecule has 1 heterocycles. The normalized spacial score (nSPS) is 12.2. The Morgan fingerprint density at radius 2 is 1.84 bits per heavy atom. The quantitative estimate of drug-likeness (QED) is 0.660. The molecule has 0 bridgehead atoms. The molecule has 6 heteroatoms. The van der Waals surface area contributed by atoms with Gasteiger partial charge in [-0.2, -0.15) is 0 Å². The zero-order valence-electron chi connectivity index (χ0n) is 13.8. The molecule has 1 aromatic heterocycles. The monoisotopic (exact) mass is 377 g/mol. The predicted molar refractivity (Wildman–Crippen MR) is 99.8 cm³/mol. The van der Waals surface area contributed by atoms with E-state index in [-0.39, 0.29) is 17.8 Å². The van der Waals surface area contributed by atoms with Crippen molar-refractivity contribution in [1.29, 1.82) is 0 Å². The zero-order valence-corrected chi connectivity index (χ0v) is 15.3. The Hall–Kier alpha value is -2.17. The van der Waals surface area contributed by atoms with E-state index >= 15 is 0 Å². The number of ether oxygens (including phenoxy) is 1. The lowest BCUT2D eigenvalue weighted by Crippen LogP contribution is -2.33. The summed E-state index contributed by atoms with van der Waals surface area (Å²) in [5.74, 6) is 0.702. The van der Waals surface area contributed by atoms with Crippen LogP contribution in [0.1, 0.15) is 23.0 Å². The third-order valence-electron chi connectivity index (χ3n) is 3.81. The molecule has 0 saturated heterocycles. The molecule has 0 saturated carbocycles. The van der Waals surface area contributed by atoms with Crippen LogP contribution in [0, 0.1) is 6.92 Å². The van der Waals surface area contributed by atoms with E-state index in [1.165, 1.54) is 0 Å². The average molecular weight is 378 g/mol. The number of halogens is 2. The van der Waals surface area contributed by atoms with Crippen LogP contribution >= 0.6 is 23.2 Å². The smallest absolute Gasteiger partial charge is 0.287 e. The third-order valence-corrected chi connectivity index (χ3v) is 4.29. The number of carbonyl (C=O) groups excluding carboxylic acids is 1. The fourth-order valence-electron chi connectivity index (χ4n) is 2.51. The highest BCUT2D eigenvalue weighted by Crippen LogP contribution is 2.27. The summed E-state index contributed by atoms with van der Waals surface area (Å²) in [5, 5.41) is 4.92. The van der Waals surface area contributed by atoms with E-state index < -0.39 is 0 Å². The van der Waals surface area contributed by atoms with E-state index in [1.807, 2.05) is 13.8 Å². The van der Waals surface area contributed by atoms with E-state index in [1.54, 1.807) is 42.5 Å². The maximum atomic E-state index is 12.4. The molecule has 3 aromatic rings. The first-order chi connectivity index (χ1) is 11.9. The van der Waals surface area contributed by atoms with Crippen molar-refractivity contribution in [2.75, 3.05) is 6.54 Å². The molecule has 1 atom stereocenters. The van der Waals surface area contributed by atoms with Crippen molar-refractivity contribution in [3.8, 4) is 5.75 Å². The number of fused-ring (bicyclic) bond motifs is 1. The van der Waals surface area contributed by atoms with Crippen LogP contribution in [0.2, 0.25) is 10.0 Å². The van der Waals surface area contributed by atoms with Crippen LogP contribution in [0.3, 0.4) is 0 Å². The molecule has 0 aliphatic carbocycles. The van der Waals surface area contributed by atoms with Crippen molar-refractivity contribution < 1.29 is 13.9 Å². The summed E-state index contributed by atoms with van der Waals surface area (Å²) in [4.78, 5) is 12.4. The maximum absolute atomic E-state index is 12.4. The molecular weight excluding hydrogens is 361 g/mol. The predicted octanol–water partition coefficient (Wildman–Crippen LogP) is 5.25. The van der Waals surface area contributed by atoms with Crippen LogP contribution < -0.4 is 10.1 Å². The summed E-state index contributed by atoms with van der Waals surface area (Å²) in [6, 6.07) is 12.4. The number of rotatable bonds is 5. The molecule has 0 radical (unpaired) electrons. The SMILES string of the molecule is Cc1c(C(=O)NC[C@@H](C)Oc2ccc(Cl)cc2)oc2ccc(Cl)cc12. The van der Waals surface area contributed by atoms with Gasteiger partial charge in [0.2, 0.25) is 0 Å². The summed E-state index contributed by atoms with van der Waals surface area (Å²) in [5.41, 5.74) is 1.40. The Balaban J connectivity index is 1.64. The van der Waals surface area contributed by atoms with E-state index in [9.17, 15) is 4.79 Å². The van der Waals surface area contributed by atoms with Gasteiger partial charge < -0.3 is 14.5 Å². The first-order valence-corrected chi connectivity index (χ1v) is 8.58. The maximum Gasteiger partial charge on any atom is 0.287 e. The first kappa shape index (κ1) is 17.6. The van der Waals surface area contributed by atoms with Crippen LogP contribution in [-0.2, 0) is 0 Å². The second-order valence-corrected chi connectivity index (χ2v) is 6.66. The number of hydrogen-bond acceptors (Lipinski definition) is 3. The Morgan fingerprint density at radius 1 is 1.16 bits per heavy atom. The van der Waals surface area contributed by atoms with Gasteiger partial charge in [0.15, 0.2) is 5.76 Å². The first-order valence-electron chi connectivity index (χ1n) is 7.83. The van der Waals surface area contributed by atoms with E-state index in [0.29, 0.717) is 27.9 Å². The second-order valence-electron chi connectivity index (χ2n) is 5.79. The van der Waals surface area contributed by atoms with Crippen LogP contribution in [0.25, 0.3) is 11.0 Å². The number of benzene rings is 2. The number of hydrogen-bond donors (Lipinski definition) is 1. The molecule has 0 unspecified atom stereocenters. The van der Waals surface area contributed by atoms with Crippen molar-refractivity contribution in [2.24, 2.45) is 0 Å². The van der Waals surface area contributed by atoms with Gasteiger partial charge in [-0.05, 0) is 56.3 Å². The van der Waals surface area contributed by atoms with Gasteiger partial charge in [0.05, 0.1) is 6.54 Å². The second kappa shape index (κ2) is 7.38. The summed E-state index contributed by atoms with van der Waals surface area (Å²) >= 11 is 11.8. The van der Waals surface area contributed by atoms with Crippen LogP contribution in [0.15, 0.2) is 46.9 Å². The van der Waals surface area contributed by atoms with Crippen molar-refractivity contribution >= 4 is 40.1 Å². The molecule has 0 fully saturated rings. The number of furan rings is 1. The molecule has 2 aromatic carbocycles. The van der Waals surface area contributed by atoms with Gasteiger partial charge in [-0.15, -0.1) is 0 Å². The number of carbonyl (C=O) groups is 1. The van der Waals surface area contributed by atoms with Crippen molar-refractivity contribution in [1.82, 2.24) is 5.32 Å². The summed E-state index contributed by atoms with van der Waals surface area (Å²) in [6.07, 6.45) is -0.204. The standard InChI is InChI=1S/C19H17Cl2NO3/c1-11(24-15-6-3-13(20)4-7-15)10-22-19(23)18-12(2)16-9-14(21)5-8-17(16)25-18/h3-9,11H,10H2,1-2H3,(H,22,23)/t11-/m1/s1. The van der Waals surface area contributed by atoms with Crippen LogP contribution in [0.4, 0.5) is 0 Å². The largest absolute Gasteiger partial charge is 0.489 e. The number of amides is 1. The lowest BCUT2D eigenvalue weighted by atomic mass is 10.1. The van der Waals surface area contributed by atoms with Gasteiger partial charge in [0, 0.05) is 21.0 Å². The topological polar surface area (TPSA) is 51.5 Å². The van der Waals surface area contributed by atoms with E-state index in [0.717, 1.165) is 10.9 Å². The Bertz CT molecular complexity index is 903. The van der Waals surface area contributed by atoms with Gasteiger partial charge in [-0.25, -0.2) is 0 Å². The summed E-state index contributed by atoms with van der Waals surface area (Å²) in [6.45, 7) is 4.06. The minimum absolute atomic E-state index is 0.204. The van der Waals surface area contributed by atoms with Gasteiger partial charge >= 0.3 is 0 Å². The lowest BCUT2D eigenvalue weighted by Gasteiger charge is -2.15. The highest BCUT2D eigenvalue weighted by Gasteiger charge is 2.18. The van der Waals surface area contributed by atoms with Crippen LogP contribution in [-0.4, -0.2) is 18.6 Å². The summed E-state index contributed by atoms with van der Waals surface area (Å²) in [7, 11) is 0. The molecule has 130 valence electrons. The van der Waals surface area contributed by atoms with Gasteiger partial charge in [-0.3, -0.25) is 4.79 Å². The van der Waals surface area contributed by atoms with Crippen LogP contribution in [0.5, 0.6) is 5.75 Å². The molecule has 25 heavy (non-hydrogen) atoms. The molecule has 1 N–H and O–H groups in total. The minimum atomic E-state index is -0.281. The fourth-order valence-corrected chi connectivity index (χ4v) is 2.81. The lowest BCUT2D eigenvalue weighted by molar-refractivity contribution is 0.0906. The van der Waals surface area contributed by atoms with E-state index in [2.05, 4.69) is 5.32 Å². The Kier molecular flexibility index (Phi) is 5.21. The molecule has 1 amide bonds. The van der Waals surface area contributed by atoms with E-state index in [4.69, 9.17) is 32.4 Å². The fraction of sp³-hybridized carbons (Fsp3) is 0.211. The third kappa shape index (κ3) is 4.09. The minimum Gasteiger partial charge on any atom is -0.489 e. The number of aryl methyl sites for hydroxylation is 1. The molecule has 0 aliphatic heterocycles. The summed E-state index contributed by atoms with van der Waals surface area (Å²) < 4.78 is 11.4. The van der Waals surface area contributed by atoms with Crippen molar-refractivity contribution in [3.05, 3.63) is 63.8 Å². The van der Waals surface area contributed by atoms with Gasteiger partial charge in [0.25, 0.3) is 5.91 Å². The van der Waals surface area contributed by atoms with Gasteiger partial charge in [0.1, 0.15) is 17.4 Å². The molecule has 4 nitrogen and oxygen atoms in total. The number of nitrogens with one attached hydrogen (secondary N) is 1. The molecule has 0 aliphatic rings. The van der Waals surface area contributed by atoms with Gasteiger partial charge in [-0.1, -0.05) is 23.2 Å². The molecule has 0 spiro atoms. The van der Waals surface area contributed by atoms with Crippen molar-refractivity contribution in [2.45, 2.75) is 20.0 Å². The highest BCUT2D eigenvalue weighted by atomic mass is 35.5. The average Bonchev–Trinajstić information content (AvgIpc) is 2.91. The molecule has 3 rings (SSSR count). The Morgan fingerprint density at radius 3 is 2.56 bits per heavy atom. The Labute approximate surface area is 155 Å². The van der Waals surface area contributed by atoms with Crippen molar-refractivity contribution in [3.63, 3.8) is 0 Å². The molecular formula is C19H17Cl2NO3. The zero-order chi connectivity index (χ0) is 18.0. The highest BCUT2D eigenvalue weighted by molar-refractivity contribution is 6.31.